The van der Waals surface area contributed by atoms with E-state index in [1.807, 2.05) is 6.92 Å². The summed E-state index contributed by atoms with van der Waals surface area (Å²) in [5.41, 5.74) is 0.529. The number of benzene rings is 1. The molecule has 0 spiro atoms. The molecule has 0 aromatic heterocycles. The van der Waals surface area contributed by atoms with E-state index in [1.165, 1.54) is 23.4 Å². The summed E-state index contributed by atoms with van der Waals surface area (Å²) in [7, 11) is -3.43. The average molecular weight is 299 g/mol. The van der Waals surface area contributed by atoms with Gasteiger partial charge in [0.25, 0.3) is 0 Å². The van der Waals surface area contributed by atoms with Gasteiger partial charge in [-0.3, -0.25) is 4.79 Å². The Morgan fingerprint density at radius 3 is 2.47 bits per heavy atom. The number of hydrogen-bond acceptors (Lipinski definition) is 4. The maximum atomic E-state index is 12.4. The predicted octanol–water partition coefficient (Wildman–Crippen LogP) is 2.02. The molecule has 1 atom stereocenters. The normalized spacial score (nSPS) is 21.3. The molecule has 1 aromatic rings. The molecule has 0 amide bonds. The zero-order chi connectivity index (χ0) is 14.0. The molecular formula is C13H17NO3S2. The molecule has 1 aliphatic rings. The van der Waals surface area contributed by atoms with Crippen molar-refractivity contribution in [3.8, 4) is 0 Å². The van der Waals surface area contributed by atoms with Crippen LogP contribution in [0, 0.1) is 0 Å². The summed E-state index contributed by atoms with van der Waals surface area (Å²) < 4.78 is 26.4. The quantitative estimate of drug-likeness (QED) is 0.801. The van der Waals surface area contributed by atoms with Gasteiger partial charge in [-0.25, -0.2) is 8.42 Å². The fourth-order valence-corrected chi connectivity index (χ4v) is 4.77. The third kappa shape index (κ3) is 3.19. The van der Waals surface area contributed by atoms with Crippen LogP contribution in [0.5, 0.6) is 0 Å². The molecule has 1 aromatic carbocycles. The molecule has 0 radical (unpaired) electrons. The van der Waals surface area contributed by atoms with Crippen LogP contribution in [0.3, 0.4) is 0 Å². The van der Waals surface area contributed by atoms with Crippen LogP contribution < -0.4 is 0 Å². The van der Waals surface area contributed by atoms with E-state index in [9.17, 15) is 13.2 Å². The van der Waals surface area contributed by atoms with Crippen LogP contribution in [0.1, 0.15) is 24.2 Å². The van der Waals surface area contributed by atoms with Crippen molar-refractivity contribution < 1.29 is 13.2 Å². The molecule has 1 heterocycles. The van der Waals surface area contributed by atoms with Crippen molar-refractivity contribution in [2.45, 2.75) is 24.0 Å². The van der Waals surface area contributed by atoms with E-state index in [0.717, 1.165) is 5.75 Å². The Labute approximate surface area is 118 Å². The lowest BCUT2D eigenvalue weighted by molar-refractivity contribution is 0.101. The first-order chi connectivity index (χ1) is 8.91. The number of carbonyl (C=O) groups excluding carboxylic acids is 1. The van der Waals surface area contributed by atoms with Crippen molar-refractivity contribution in [1.82, 2.24) is 4.31 Å². The SMILES string of the molecule is CC(=O)c1ccc(S(=O)(=O)N2CCSC(C)C2)cc1. The molecule has 1 aliphatic heterocycles. The van der Waals surface area contributed by atoms with Gasteiger partial charge in [-0.05, 0) is 19.1 Å². The highest BCUT2D eigenvalue weighted by molar-refractivity contribution is 8.00. The first-order valence-corrected chi connectivity index (χ1v) is 8.63. The number of ketones is 1. The lowest BCUT2D eigenvalue weighted by Gasteiger charge is -2.29. The Bertz CT molecular complexity index is 566. The summed E-state index contributed by atoms with van der Waals surface area (Å²) in [6, 6.07) is 6.16. The van der Waals surface area contributed by atoms with Crippen LogP contribution in [0.2, 0.25) is 0 Å². The highest BCUT2D eigenvalue weighted by Crippen LogP contribution is 2.24. The van der Waals surface area contributed by atoms with Gasteiger partial charge in [-0.2, -0.15) is 16.1 Å². The Kier molecular flexibility index (Phi) is 4.32. The van der Waals surface area contributed by atoms with Crippen molar-refractivity contribution in [2.24, 2.45) is 0 Å². The molecule has 0 aliphatic carbocycles. The highest BCUT2D eigenvalue weighted by Gasteiger charge is 2.28. The highest BCUT2D eigenvalue weighted by atomic mass is 32.2. The summed E-state index contributed by atoms with van der Waals surface area (Å²) in [5.74, 6) is 0.762. The maximum absolute atomic E-state index is 12.4. The summed E-state index contributed by atoms with van der Waals surface area (Å²) in [6.07, 6.45) is 0. The second kappa shape index (κ2) is 5.64. The Hall–Kier alpha value is -0.850. The topological polar surface area (TPSA) is 54.5 Å². The van der Waals surface area contributed by atoms with E-state index in [-0.39, 0.29) is 10.7 Å². The van der Waals surface area contributed by atoms with Crippen LogP contribution >= 0.6 is 11.8 Å². The molecular weight excluding hydrogens is 282 g/mol. The van der Waals surface area contributed by atoms with E-state index in [0.29, 0.717) is 23.9 Å². The van der Waals surface area contributed by atoms with Crippen LogP contribution in [0.4, 0.5) is 0 Å². The Morgan fingerprint density at radius 2 is 1.95 bits per heavy atom. The maximum Gasteiger partial charge on any atom is 0.243 e. The molecule has 6 heteroatoms. The third-order valence-electron chi connectivity index (χ3n) is 3.10. The molecule has 1 fully saturated rings. The summed E-state index contributed by atoms with van der Waals surface area (Å²) in [4.78, 5) is 11.4. The molecule has 4 nitrogen and oxygen atoms in total. The van der Waals surface area contributed by atoms with Gasteiger partial charge in [-0.1, -0.05) is 19.1 Å². The predicted molar refractivity (Wildman–Crippen MR) is 77.1 cm³/mol. The van der Waals surface area contributed by atoms with Crippen LogP contribution in [-0.2, 0) is 10.0 Å². The fourth-order valence-electron chi connectivity index (χ4n) is 2.02. The molecule has 0 N–H and O–H groups in total. The minimum atomic E-state index is -3.43. The standard InChI is InChI=1S/C13H17NO3S2/c1-10-9-14(7-8-18-10)19(16,17)13-5-3-12(4-6-13)11(2)15/h3-6,10H,7-9H2,1-2H3. The molecule has 1 unspecified atom stereocenters. The van der Waals surface area contributed by atoms with E-state index < -0.39 is 10.0 Å². The minimum Gasteiger partial charge on any atom is -0.295 e. The first-order valence-electron chi connectivity index (χ1n) is 6.14. The van der Waals surface area contributed by atoms with Crippen molar-refractivity contribution >= 4 is 27.6 Å². The van der Waals surface area contributed by atoms with Gasteiger partial charge in [0, 0.05) is 29.7 Å². The number of hydrogen-bond donors (Lipinski definition) is 0. The van der Waals surface area contributed by atoms with E-state index in [4.69, 9.17) is 0 Å². The van der Waals surface area contributed by atoms with Crippen LogP contribution in [-0.4, -0.2) is 42.6 Å². The summed E-state index contributed by atoms with van der Waals surface area (Å²) >= 11 is 1.79. The number of sulfonamides is 1. The third-order valence-corrected chi connectivity index (χ3v) is 6.12. The van der Waals surface area contributed by atoms with E-state index >= 15 is 0 Å². The first kappa shape index (κ1) is 14.6. The number of thioether (sulfide) groups is 1. The number of Topliss-reactive ketones (excluding diaryl/α,β-unsaturated/α-hetero) is 1. The summed E-state index contributed by atoms with van der Waals surface area (Å²) in [5, 5.41) is 0.319. The van der Waals surface area contributed by atoms with Gasteiger partial charge in [0.05, 0.1) is 4.90 Å². The Balaban J connectivity index is 2.26. The van der Waals surface area contributed by atoms with Gasteiger partial charge in [0.1, 0.15) is 0 Å². The van der Waals surface area contributed by atoms with Gasteiger partial charge in [0.15, 0.2) is 5.78 Å². The molecule has 104 valence electrons. The van der Waals surface area contributed by atoms with Crippen molar-refractivity contribution in [1.29, 1.82) is 0 Å². The van der Waals surface area contributed by atoms with Crippen molar-refractivity contribution in [3.05, 3.63) is 29.8 Å². The number of rotatable bonds is 3. The van der Waals surface area contributed by atoms with Gasteiger partial charge in [-0.15, -0.1) is 0 Å². The lowest BCUT2D eigenvalue weighted by atomic mass is 10.2. The summed E-state index contributed by atoms with van der Waals surface area (Å²) in [6.45, 7) is 4.59. The molecule has 19 heavy (non-hydrogen) atoms. The van der Waals surface area contributed by atoms with Crippen molar-refractivity contribution in [2.75, 3.05) is 18.8 Å². The number of nitrogens with zero attached hydrogens (tertiary/aromatic N) is 1. The molecule has 1 saturated heterocycles. The van der Waals surface area contributed by atoms with E-state index in [1.54, 1.807) is 23.9 Å². The van der Waals surface area contributed by atoms with Gasteiger partial charge >= 0.3 is 0 Å². The zero-order valence-electron chi connectivity index (χ0n) is 11.0. The lowest BCUT2D eigenvalue weighted by Crippen LogP contribution is -2.40. The monoisotopic (exact) mass is 299 g/mol. The van der Waals surface area contributed by atoms with Crippen LogP contribution in [0.25, 0.3) is 0 Å². The molecule has 2 rings (SSSR count). The number of carbonyl (C=O) groups is 1. The second-order valence-electron chi connectivity index (χ2n) is 4.63. The largest absolute Gasteiger partial charge is 0.295 e. The molecule has 0 bridgehead atoms. The van der Waals surface area contributed by atoms with E-state index in [2.05, 4.69) is 0 Å². The zero-order valence-corrected chi connectivity index (χ0v) is 12.6. The second-order valence-corrected chi connectivity index (χ2v) is 8.11. The minimum absolute atomic E-state index is 0.0630. The van der Waals surface area contributed by atoms with Gasteiger partial charge in [0.2, 0.25) is 10.0 Å². The smallest absolute Gasteiger partial charge is 0.243 e. The van der Waals surface area contributed by atoms with Gasteiger partial charge < -0.3 is 0 Å². The van der Waals surface area contributed by atoms with Crippen molar-refractivity contribution in [3.63, 3.8) is 0 Å². The average Bonchev–Trinajstić information content (AvgIpc) is 2.39. The fraction of sp³-hybridized carbons (Fsp3) is 0.462. The molecule has 0 saturated carbocycles. The Morgan fingerprint density at radius 1 is 1.32 bits per heavy atom. The van der Waals surface area contributed by atoms with Crippen LogP contribution in [0.15, 0.2) is 29.2 Å².